The van der Waals surface area contributed by atoms with Crippen LogP contribution in [0.2, 0.25) is 0 Å². The van der Waals surface area contributed by atoms with Crippen molar-refractivity contribution in [1.29, 1.82) is 0 Å². The van der Waals surface area contributed by atoms with Crippen LogP contribution in [0.4, 0.5) is 0 Å². The lowest BCUT2D eigenvalue weighted by atomic mass is 9.84. The highest BCUT2D eigenvalue weighted by atomic mass is 16.3. The van der Waals surface area contributed by atoms with E-state index in [0.717, 1.165) is 16.7 Å². The molecular formula is C24H31NO3. The first-order valence-corrected chi connectivity index (χ1v) is 10.1. The van der Waals surface area contributed by atoms with Crippen molar-refractivity contribution in [1.82, 2.24) is 4.90 Å². The number of likely N-dealkylation sites (tertiary alicyclic amines) is 1. The van der Waals surface area contributed by atoms with Crippen molar-refractivity contribution in [2.24, 2.45) is 0 Å². The number of nitrogens with zero attached hydrogens (tertiary/aromatic N) is 1. The number of carbonyl (C=O) groups excluding carboxylic acids is 1. The second-order valence-corrected chi connectivity index (χ2v) is 8.28. The maximum Gasteiger partial charge on any atom is 0.223 e. The van der Waals surface area contributed by atoms with Gasteiger partial charge in [0.1, 0.15) is 0 Å². The summed E-state index contributed by atoms with van der Waals surface area (Å²) in [5.74, 6) is 0.357. The average molecular weight is 382 g/mol. The summed E-state index contributed by atoms with van der Waals surface area (Å²) >= 11 is 0. The lowest BCUT2D eigenvalue weighted by Gasteiger charge is -2.39. The molecule has 0 saturated carbocycles. The molecule has 0 unspecified atom stereocenters. The van der Waals surface area contributed by atoms with E-state index in [-0.39, 0.29) is 18.4 Å². The molecule has 0 radical (unpaired) electrons. The van der Waals surface area contributed by atoms with Crippen LogP contribution in [-0.2, 0) is 17.8 Å². The topological polar surface area (TPSA) is 60.8 Å². The first kappa shape index (κ1) is 20.6. The molecule has 0 aliphatic carbocycles. The summed E-state index contributed by atoms with van der Waals surface area (Å²) in [7, 11) is 0. The van der Waals surface area contributed by atoms with E-state index in [0.29, 0.717) is 38.8 Å². The fourth-order valence-corrected chi connectivity index (χ4v) is 4.16. The molecule has 0 aromatic heterocycles. The van der Waals surface area contributed by atoms with Crippen molar-refractivity contribution in [3.63, 3.8) is 0 Å². The summed E-state index contributed by atoms with van der Waals surface area (Å²) in [4.78, 5) is 14.6. The van der Waals surface area contributed by atoms with Gasteiger partial charge >= 0.3 is 0 Å². The second kappa shape index (κ2) is 8.89. The molecule has 2 aromatic carbocycles. The SMILES string of the molecule is Cc1cc(CO)cc(CC2(O)CCN(C(=O)C[C@@H](C)c3ccccc3)CC2)c1. The molecule has 2 aromatic rings. The van der Waals surface area contributed by atoms with Gasteiger partial charge in [-0.05, 0) is 42.4 Å². The molecule has 4 heteroatoms. The van der Waals surface area contributed by atoms with E-state index >= 15 is 0 Å². The summed E-state index contributed by atoms with van der Waals surface area (Å²) in [5.41, 5.74) is 3.41. The third-order valence-electron chi connectivity index (χ3n) is 5.81. The van der Waals surface area contributed by atoms with Gasteiger partial charge < -0.3 is 15.1 Å². The number of hydrogen-bond donors (Lipinski definition) is 2. The van der Waals surface area contributed by atoms with Crippen LogP contribution in [0.3, 0.4) is 0 Å². The maximum absolute atomic E-state index is 12.7. The Morgan fingerprint density at radius 2 is 1.75 bits per heavy atom. The Bertz CT molecular complexity index is 795. The Balaban J connectivity index is 1.56. The van der Waals surface area contributed by atoms with Gasteiger partial charge in [0, 0.05) is 25.9 Å². The molecule has 0 spiro atoms. The Labute approximate surface area is 167 Å². The number of hydrogen-bond acceptors (Lipinski definition) is 3. The van der Waals surface area contributed by atoms with Crippen LogP contribution in [0, 0.1) is 6.92 Å². The predicted molar refractivity (Wildman–Crippen MR) is 111 cm³/mol. The van der Waals surface area contributed by atoms with Crippen molar-refractivity contribution >= 4 is 5.91 Å². The molecule has 1 aliphatic heterocycles. The van der Waals surface area contributed by atoms with Crippen molar-refractivity contribution in [3.8, 4) is 0 Å². The molecule has 1 saturated heterocycles. The van der Waals surface area contributed by atoms with Crippen molar-refractivity contribution < 1.29 is 15.0 Å². The van der Waals surface area contributed by atoms with Crippen LogP contribution in [0.5, 0.6) is 0 Å². The molecular weight excluding hydrogens is 350 g/mol. The van der Waals surface area contributed by atoms with Crippen LogP contribution in [0.1, 0.15) is 54.4 Å². The molecule has 4 nitrogen and oxygen atoms in total. The van der Waals surface area contributed by atoms with E-state index in [9.17, 15) is 15.0 Å². The standard InChI is InChI=1S/C24H31NO3/c1-18-12-20(15-21(13-18)17-26)16-24(28)8-10-25(11-9-24)23(27)14-19(2)22-6-4-3-5-7-22/h3-7,12-13,15,19,26,28H,8-11,14,16-17H2,1-2H3/t19-/m1/s1. The number of aliphatic hydroxyl groups excluding tert-OH is 1. The maximum atomic E-state index is 12.7. The number of aryl methyl sites for hydroxylation is 1. The number of amides is 1. The summed E-state index contributed by atoms with van der Waals surface area (Å²) in [6.45, 7) is 5.28. The van der Waals surface area contributed by atoms with E-state index < -0.39 is 5.60 Å². The van der Waals surface area contributed by atoms with Gasteiger partial charge in [-0.2, -0.15) is 0 Å². The monoisotopic (exact) mass is 381 g/mol. The Morgan fingerprint density at radius 3 is 2.39 bits per heavy atom. The summed E-state index contributed by atoms with van der Waals surface area (Å²) in [6, 6.07) is 16.1. The fraction of sp³-hybridized carbons (Fsp3) is 0.458. The van der Waals surface area contributed by atoms with E-state index in [1.165, 1.54) is 5.56 Å². The smallest absolute Gasteiger partial charge is 0.223 e. The molecule has 1 heterocycles. The molecule has 28 heavy (non-hydrogen) atoms. The first-order valence-electron chi connectivity index (χ1n) is 10.1. The largest absolute Gasteiger partial charge is 0.392 e. The number of piperidine rings is 1. The second-order valence-electron chi connectivity index (χ2n) is 8.28. The van der Waals surface area contributed by atoms with Crippen molar-refractivity contribution in [3.05, 3.63) is 70.8 Å². The number of aliphatic hydroxyl groups is 2. The Hall–Kier alpha value is -2.17. The predicted octanol–water partition coefficient (Wildman–Crippen LogP) is 3.58. The van der Waals surface area contributed by atoms with Gasteiger partial charge in [0.25, 0.3) is 0 Å². The minimum absolute atomic E-state index is 0.00892. The molecule has 150 valence electrons. The van der Waals surface area contributed by atoms with Gasteiger partial charge in [-0.3, -0.25) is 4.79 Å². The Morgan fingerprint density at radius 1 is 1.11 bits per heavy atom. The minimum atomic E-state index is -0.789. The highest BCUT2D eigenvalue weighted by molar-refractivity contribution is 5.77. The summed E-state index contributed by atoms with van der Waals surface area (Å²) < 4.78 is 0. The fourth-order valence-electron chi connectivity index (χ4n) is 4.16. The zero-order valence-electron chi connectivity index (χ0n) is 16.9. The molecule has 1 atom stereocenters. The quantitative estimate of drug-likeness (QED) is 0.804. The lowest BCUT2D eigenvalue weighted by molar-refractivity contribution is -0.135. The third-order valence-corrected chi connectivity index (χ3v) is 5.81. The normalized spacial score (nSPS) is 17.4. The van der Waals surface area contributed by atoms with E-state index in [4.69, 9.17) is 0 Å². The van der Waals surface area contributed by atoms with Gasteiger partial charge in [-0.15, -0.1) is 0 Å². The van der Waals surface area contributed by atoms with Crippen molar-refractivity contribution in [2.45, 2.75) is 57.7 Å². The van der Waals surface area contributed by atoms with Gasteiger partial charge in [0.2, 0.25) is 5.91 Å². The lowest BCUT2D eigenvalue weighted by Crippen LogP contribution is -2.48. The zero-order valence-corrected chi connectivity index (χ0v) is 16.9. The average Bonchev–Trinajstić information content (AvgIpc) is 2.68. The van der Waals surface area contributed by atoms with Crippen LogP contribution in [0.15, 0.2) is 48.5 Å². The van der Waals surface area contributed by atoms with E-state index in [2.05, 4.69) is 25.1 Å². The van der Waals surface area contributed by atoms with Crippen LogP contribution in [-0.4, -0.2) is 39.7 Å². The van der Waals surface area contributed by atoms with Crippen LogP contribution < -0.4 is 0 Å². The molecule has 3 rings (SSSR count). The van der Waals surface area contributed by atoms with Crippen LogP contribution >= 0.6 is 0 Å². The van der Waals surface area contributed by atoms with Gasteiger partial charge in [0.15, 0.2) is 0 Å². The molecule has 2 N–H and O–H groups in total. The number of rotatable bonds is 6. The van der Waals surface area contributed by atoms with Gasteiger partial charge in [-0.25, -0.2) is 0 Å². The number of benzene rings is 2. The number of carbonyl (C=O) groups is 1. The van der Waals surface area contributed by atoms with Gasteiger partial charge in [0.05, 0.1) is 12.2 Å². The summed E-state index contributed by atoms with van der Waals surface area (Å²) in [5, 5.41) is 20.4. The van der Waals surface area contributed by atoms with E-state index in [1.807, 2.05) is 42.2 Å². The highest BCUT2D eigenvalue weighted by Crippen LogP contribution is 2.29. The highest BCUT2D eigenvalue weighted by Gasteiger charge is 2.34. The Kier molecular flexibility index (Phi) is 6.53. The summed E-state index contributed by atoms with van der Waals surface area (Å²) in [6.07, 6.45) is 2.23. The zero-order chi connectivity index (χ0) is 20.1. The van der Waals surface area contributed by atoms with Gasteiger partial charge in [-0.1, -0.05) is 61.0 Å². The van der Waals surface area contributed by atoms with Crippen molar-refractivity contribution in [2.75, 3.05) is 13.1 Å². The molecule has 0 bridgehead atoms. The van der Waals surface area contributed by atoms with Crippen LogP contribution in [0.25, 0.3) is 0 Å². The molecule has 1 fully saturated rings. The minimum Gasteiger partial charge on any atom is -0.392 e. The van der Waals surface area contributed by atoms with E-state index in [1.54, 1.807) is 0 Å². The molecule has 1 amide bonds. The third kappa shape index (κ3) is 5.21. The first-order chi connectivity index (χ1) is 13.4. The molecule has 1 aliphatic rings.